The molecule has 6 nitrogen and oxygen atoms in total. The van der Waals surface area contributed by atoms with Gasteiger partial charge in [0.2, 0.25) is 5.91 Å². The fourth-order valence-electron chi connectivity index (χ4n) is 3.34. The highest BCUT2D eigenvalue weighted by Gasteiger charge is 2.28. The molecule has 0 saturated heterocycles. The third-order valence-electron chi connectivity index (χ3n) is 5.39. The minimum absolute atomic E-state index is 0.00833. The van der Waals surface area contributed by atoms with E-state index in [1.54, 1.807) is 49.5 Å². The van der Waals surface area contributed by atoms with Crippen molar-refractivity contribution in [2.75, 3.05) is 0 Å². The van der Waals surface area contributed by atoms with E-state index in [4.69, 9.17) is 0 Å². The summed E-state index contributed by atoms with van der Waals surface area (Å²) in [6.45, 7) is 7.62. The topological polar surface area (TPSA) is 110 Å². The highest BCUT2D eigenvalue weighted by atomic mass is 16.4. The van der Waals surface area contributed by atoms with Gasteiger partial charge in [0, 0.05) is 24.5 Å². The van der Waals surface area contributed by atoms with Crippen molar-refractivity contribution in [3.8, 4) is 0 Å². The molecule has 0 unspecified atom stereocenters. The highest BCUT2D eigenvalue weighted by molar-refractivity contribution is 5.87. The van der Waals surface area contributed by atoms with Crippen LogP contribution in [0.2, 0.25) is 0 Å². The molecule has 1 amide bonds. The van der Waals surface area contributed by atoms with Crippen LogP contribution in [0.4, 0.5) is 0 Å². The predicted octanol–water partition coefficient (Wildman–Crippen LogP) is 3.59. The first kappa shape index (κ1) is 30.3. The molecule has 192 valence electrons. The Balaban J connectivity index is 3.00. The molecule has 35 heavy (non-hydrogen) atoms. The molecule has 1 heterocycles. The standard InChI is InChI=1S/C29H41NO5/c1-21-13-9-11-16-24(4)30-27(33)18-8-6-5-7-15-23(3)28(34)29(35)26(32)20-25(31)17-12-10-14-22(2)19-21/h5-15,17-19,23-26,28-29,31-32,34-35H,16,20H2,1-4H3,(H,30,33)/b6-5+,11-9+,14-10+,15-7+,17-12+,18-8+,21-13+,22-19+/t23-,24-,25-,26+,28+,29+/m0/s1. The lowest BCUT2D eigenvalue weighted by atomic mass is 9.93. The summed E-state index contributed by atoms with van der Waals surface area (Å²) in [4.78, 5) is 12.0. The predicted molar refractivity (Wildman–Crippen MR) is 142 cm³/mol. The summed E-state index contributed by atoms with van der Waals surface area (Å²) >= 11 is 0. The Morgan fingerprint density at radius 3 is 2.20 bits per heavy atom. The number of hydrogen-bond acceptors (Lipinski definition) is 5. The number of rotatable bonds is 0. The van der Waals surface area contributed by atoms with E-state index in [2.05, 4.69) is 5.32 Å². The molecule has 0 bridgehead atoms. The lowest BCUT2D eigenvalue weighted by Crippen LogP contribution is -2.41. The van der Waals surface area contributed by atoms with Crippen LogP contribution in [0, 0.1) is 5.92 Å². The summed E-state index contributed by atoms with van der Waals surface area (Å²) in [5.74, 6) is -0.623. The Bertz CT molecular complexity index is 891. The number of allylic oxidation sites excluding steroid dienone is 12. The van der Waals surface area contributed by atoms with Crippen molar-refractivity contribution >= 4 is 5.91 Å². The Hall–Kier alpha value is -2.77. The third-order valence-corrected chi connectivity index (χ3v) is 5.39. The number of carbonyl (C=O) groups is 1. The van der Waals surface area contributed by atoms with E-state index < -0.39 is 30.3 Å². The Labute approximate surface area is 209 Å². The Morgan fingerprint density at radius 2 is 1.46 bits per heavy atom. The maximum absolute atomic E-state index is 12.0. The van der Waals surface area contributed by atoms with Gasteiger partial charge in [-0.15, -0.1) is 0 Å². The van der Waals surface area contributed by atoms with Gasteiger partial charge in [-0.1, -0.05) is 97.1 Å². The van der Waals surface area contributed by atoms with Crippen LogP contribution < -0.4 is 5.32 Å². The van der Waals surface area contributed by atoms with Gasteiger partial charge in [-0.2, -0.15) is 0 Å². The molecule has 0 radical (unpaired) electrons. The van der Waals surface area contributed by atoms with Gasteiger partial charge in [-0.3, -0.25) is 4.79 Å². The maximum atomic E-state index is 12.0. The lowest BCUT2D eigenvalue weighted by molar-refractivity contribution is -0.117. The summed E-state index contributed by atoms with van der Waals surface area (Å²) in [5, 5.41) is 43.9. The second kappa shape index (κ2) is 16.8. The van der Waals surface area contributed by atoms with Crippen LogP contribution in [0.1, 0.15) is 40.5 Å². The number of aliphatic hydroxyl groups is 4. The van der Waals surface area contributed by atoms with Crippen molar-refractivity contribution in [3.63, 3.8) is 0 Å². The van der Waals surface area contributed by atoms with E-state index >= 15 is 0 Å². The molecule has 1 aliphatic rings. The van der Waals surface area contributed by atoms with E-state index in [1.807, 2.05) is 51.2 Å². The quantitative estimate of drug-likeness (QED) is 0.362. The van der Waals surface area contributed by atoms with Gasteiger partial charge in [0.15, 0.2) is 0 Å². The van der Waals surface area contributed by atoms with Crippen LogP contribution in [0.3, 0.4) is 0 Å². The zero-order valence-electron chi connectivity index (χ0n) is 21.2. The van der Waals surface area contributed by atoms with Gasteiger partial charge < -0.3 is 25.7 Å². The first-order valence-electron chi connectivity index (χ1n) is 12.0. The molecule has 0 saturated carbocycles. The van der Waals surface area contributed by atoms with Crippen LogP contribution in [0.15, 0.2) is 96.2 Å². The van der Waals surface area contributed by atoms with Crippen LogP contribution >= 0.6 is 0 Å². The molecule has 0 aromatic carbocycles. The minimum atomic E-state index is -1.41. The summed E-state index contributed by atoms with van der Waals surface area (Å²) in [7, 11) is 0. The van der Waals surface area contributed by atoms with Gasteiger partial charge in [-0.05, 0) is 27.2 Å². The van der Waals surface area contributed by atoms with Crippen molar-refractivity contribution in [1.82, 2.24) is 5.32 Å². The molecule has 5 N–H and O–H groups in total. The zero-order chi connectivity index (χ0) is 26.2. The van der Waals surface area contributed by atoms with Crippen LogP contribution in [-0.4, -0.2) is 56.8 Å². The molecule has 1 rings (SSSR count). The van der Waals surface area contributed by atoms with E-state index in [1.165, 1.54) is 12.2 Å². The molecule has 0 aromatic rings. The van der Waals surface area contributed by atoms with Crippen molar-refractivity contribution in [2.24, 2.45) is 5.92 Å². The van der Waals surface area contributed by atoms with Crippen molar-refractivity contribution in [1.29, 1.82) is 0 Å². The molecule has 0 fully saturated rings. The van der Waals surface area contributed by atoms with E-state index in [0.717, 1.165) is 11.1 Å². The Morgan fingerprint density at radius 1 is 0.800 bits per heavy atom. The first-order chi connectivity index (χ1) is 16.6. The van der Waals surface area contributed by atoms with Crippen molar-refractivity contribution < 1.29 is 25.2 Å². The zero-order valence-corrected chi connectivity index (χ0v) is 21.2. The molecule has 1 aliphatic heterocycles. The molecule has 6 atom stereocenters. The molecule has 6 heteroatoms. The van der Waals surface area contributed by atoms with Crippen LogP contribution in [0.25, 0.3) is 0 Å². The van der Waals surface area contributed by atoms with E-state index in [-0.39, 0.29) is 18.4 Å². The number of aliphatic hydroxyl groups excluding tert-OH is 4. The number of hydrogen-bond donors (Lipinski definition) is 5. The average molecular weight is 484 g/mol. The lowest BCUT2D eigenvalue weighted by Gasteiger charge is -2.26. The van der Waals surface area contributed by atoms with Crippen LogP contribution in [0.5, 0.6) is 0 Å². The summed E-state index contributed by atoms with van der Waals surface area (Å²) in [6.07, 6.45) is 20.5. The van der Waals surface area contributed by atoms with Crippen molar-refractivity contribution in [3.05, 3.63) is 96.2 Å². The largest absolute Gasteiger partial charge is 0.390 e. The minimum Gasteiger partial charge on any atom is -0.390 e. The second-order valence-electron chi connectivity index (χ2n) is 8.96. The molecular formula is C29H41NO5. The van der Waals surface area contributed by atoms with Gasteiger partial charge in [0.05, 0.1) is 18.3 Å². The van der Waals surface area contributed by atoms with Crippen LogP contribution in [-0.2, 0) is 4.79 Å². The smallest absolute Gasteiger partial charge is 0.244 e. The number of nitrogens with one attached hydrogen (secondary N) is 1. The van der Waals surface area contributed by atoms with Gasteiger partial charge >= 0.3 is 0 Å². The van der Waals surface area contributed by atoms with E-state index in [9.17, 15) is 25.2 Å². The third kappa shape index (κ3) is 13.6. The normalized spacial score (nSPS) is 39.0. The number of amides is 1. The fraction of sp³-hybridized carbons (Fsp3) is 0.414. The maximum Gasteiger partial charge on any atom is 0.244 e. The molecule has 0 spiro atoms. The first-order valence-corrected chi connectivity index (χ1v) is 12.0. The molecular weight excluding hydrogens is 442 g/mol. The highest BCUT2D eigenvalue weighted by Crippen LogP contribution is 2.15. The SMILES string of the molecule is CC1=C\C=C\C[C@H](C)NC(=O)/C=C/C=C/C=C/[C@H](C)[C@@H](O)[C@H](O)[C@H](O)C[C@@H](O)\C=C\C=C\C(C)=C\1. The summed E-state index contributed by atoms with van der Waals surface area (Å²) in [5.41, 5.74) is 2.09. The van der Waals surface area contributed by atoms with Gasteiger partial charge in [0.25, 0.3) is 0 Å². The molecule has 0 aliphatic carbocycles. The summed E-state index contributed by atoms with van der Waals surface area (Å²) < 4.78 is 0. The number of carbonyl (C=O) groups excluding carboxylic acids is 1. The Kier molecular flexibility index (Phi) is 14.5. The van der Waals surface area contributed by atoms with Gasteiger partial charge in [0.1, 0.15) is 6.10 Å². The van der Waals surface area contributed by atoms with Gasteiger partial charge in [-0.25, -0.2) is 0 Å². The fourth-order valence-corrected chi connectivity index (χ4v) is 3.34. The second-order valence-corrected chi connectivity index (χ2v) is 8.96. The molecule has 0 aromatic heterocycles. The van der Waals surface area contributed by atoms with E-state index in [0.29, 0.717) is 6.42 Å². The average Bonchev–Trinajstić information content (AvgIpc) is 2.79. The van der Waals surface area contributed by atoms with Crippen molar-refractivity contribution in [2.45, 2.75) is 71.0 Å². The monoisotopic (exact) mass is 483 g/mol. The summed E-state index contributed by atoms with van der Waals surface area (Å²) in [6, 6.07) is -0.00833.